The molecular weight excluding hydrogens is 438 g/mol. The standard InChI is InChI=1S/C22H22BrNO5/c1-11(25)28-20-17-15(29-22(2,3)21(20)23)10-14-16(19(17)27-5)18(26)12-8-6-7-9-13(12)24(14)4/h6-10,20-21H,1-5H3/t20-,21+/m0/s1. The van der Waals surface area contributed by atoms with E-state index in [2.05, 4.69) is 15.9 Å². The summed E-state index contributed by atoms with van der Waals surface area (Å²) in [5, 5.41) is 1.03. The second-order valence-corrected chi connectivity index (χ2v) is 8.74. The van der Waals surface area contributed by atoms with Gasteiger partial charge in [-0.05, 0) is 26.0 Å². The van der Waals surface area contributed by atoms with E-state index in [0.29, 0.717) is 33.4 Å². The number of nitrogens with zero attached hydrogens (tertiary/aromatic N) is 1. The maximum Gasteiger partial charge on any atom is 0.303 e. The van der Waals surface area contributed by atoms with E-state index in [4.69, 9.17) is 14.2 Å². The Kier molecular flexibility index (Phi) is 4.61. The van der Waals surface area contributed by atoms with E-state index in [1.165, 1.54) is 14.0 Å². The fraction of sp³-hybridized carbons (Fsp3) is 0.364. The molecule has 6 nitrogen and oxygen atoms in total. The van der Waals surface area contributed by atoms with Crippen molar-refractivity contribution in [2.75, 3.05) is 7.11 Å². The van der Waals surface area contributed by atoms with E-state index in [-0.39, 0.29) is 10.3 Å². The van der Waals surface area contributed by atoms with Crippen LogP contribution in [-0.2, 0) is 16.6 Å². The van der Waals surface area contributed by atoms with Crippen LogP contribution in [0.3, 0.4) is 0 Å². The number of para-hydroxylation sites is 1. The van der Waals surface area contributed by atoms with Gasteiger partial charge >= 0.3 is 5.97 Å². The third-order valence-corrected chi connectivity index (χ3v) is 7.03. The van der Waals surface area contributed by atoms with Gasteiger partial charge in [0.2, 0.25) is 5.43 Å². The highest BCUT2D eigenvalue weighted by molar-refractivity contribution is 9.09. The number of fused-ring (bicyclic) bond motifs is 3. The minimum Gasteiger partial charge on any atom is -0.495 e. The van der Waals surface area contributed by atoms with Gasteiger partial charge in [0, 0.05) is 25.4 Å². The van der Waals surface area contributed by atoms with E-state index in [1.54, 1.807) is 6.07 Å². The van der Waals surface area contributed by atoms with Crippen LogP contribution >= 0.6 is 15.9 Å². The van der Waals surface area contributed by atoms with Gasteiger partial charge in [0.1, 0.15) is 17.1 Å². The first-order chi connectivity index (χ1) is 13.7. The van der Waals surface area contributed by atoms with Crippen molar-refractivity contribution in [1.29, 1.82) is 0 Å². The molecule has 4 rings (SSSR count). The van der Waals surface area contributed by atoms with Gasteiger partial charge in [-0.1, -0.05) is 28.1 Å². The lowest BCUT2D eigenvalue weighted by atomic mass is 9.89. The number of aryl methyl sites for hydroxylation is 1. The minimum absolute atomic E-state index is 0.133. The number of hydrogen-bond acceptors (Lipinski definition) is 5. The second kappa shape index (κ2) is 6.76. The van der Waals surface area contributed by atoms with Crippen molar-refractivity contribution in [1.82, 2.24) is 4.57 Å². The maximum atomic E-state index is 13.4. The molecular formula is C22H22BrNO5. The summed E-state index contributed by atoms with van der Waals surface area (Å²) in [7, 11) is 3.41. The Morgan fingerprint density at radius 2 is 1.93 bits per heavy atom. The number of carbonyl (C=O) groups is 1. The van der Waals surface area contributed by atoms with Gasteiger partial charge in [-0.3, -0.25) is 9.59 Å². The molecule has 0 saturated carbocycles. The molecule has 3 aromatic rings. The second-order valence-electron chi connectivity index (χ2n) is 7.76. The average Bonchev–Trinajstić information content (AvgIpc) is 2.67. The smallest absolute Gasteiger partial charge is 0.303 e. The van der Waals surface area contributed by atoms with Crippen LogP contribution in [0, 0.1) is 0 Å². The Morgan fingerprint density at radius 1 is 1.24 bits per heavy atom. The maximum absolute atomic E-state index is 13.4. The summed E-state index contributed by atoms with van der Waals surface area (Å²) >= 11 is 3.63. The molecule has 0 bridgehead atoms. The number of esters is 1. The number of benzene rings is 2. The summed E-state index contributed by atoms with van der Waals surface area (Å²) in [6.45, 7) is 5.20. The van der Waals surface area contributed by atoms with Crippen molar-refractivity contribution in [3.05, 3.63) is 46.1 Å². The molecule has 7 heteroatoms. The average molecular weight is 460 g/mol. The van der Waals surface area contributed by atoms with Crippen LogP contribution in [0.1, 0.15) is 32.4 Å². The summed E-state index contributed by atoms with van der Waals surface area (Å²) in [6, 6.07) is 9.27. The van der Waals surface area contributed by atoms with Crippen LogP contribution in [0.2, 0.25) is 0 Å². The normalized spacial score (nSPS) is 20.2. The Balaban J connectivity index is 2.17. The largest absolute Gasteiger partial charge is 0.495 e. The van der Waals surface area contributed by atoms with Gasteiger partial charge < -0.3 is 18.8 Å². The predicted octanol–water partition coefficient (Wildman–Crippen LogP) is 4.24. The molecule has 2 heterocycles. The number of methoxy groups -OCH3 is 1. The lowest BCUT2D eigenvalue weighted by molar-refractivity contribution is -0.149. The highest BCUT2D eigenvalue weighted by Gasteiger charge is 2.46. The number of pyridine rings is 1. The molecule has 0 aliphatic carbocycles. The quantitative estimate of drug-likeness (QED) is 0.325. The van der Waals surface area contributed by atoms with Crippen LogP contribution in [0.4, 0.5) is 0 Å². The molecule has 1 aliphatic heterocycles. The van der Waals surface area contributed by atoms with Gasteiger partial charge in [0.15, 0.2) is 6.10 Å². The van der Waals surface area contributed by atoms with Crippen molar-refractivity contribution in [3.63, 3.8) is 0 Å². The molecule has 2 aromatic carbocycles. The summed E-state index contributed by atoms with van der Waals surface area (Å²) in [5.41, 5.74) is 1.28. The fourth-order valence-electron chi connectivity index (χ4n) is 4.06. The van der Waals surface area contributed by atoms with Crippen molar-refractivity contribution in [2.45, 2.75) is 37.3 Å². The molecule has 152 valence electrons. The van der Waals surface area contributed by atoms with Crippen molar-refractivity contribution >= 4 is 43.7 Å². The van der Waals surface area contributed by atoms with Crippen LogP contribution < -0.4 is 14.9 Å². The lowest BCUT2D eigenvalue weighted by Gasteiger charge is -2.42. The number of ether oxygens (including phenoxy) is 3. The molecule has 1 aromatic heterocycles. The number of alkyl halides is 1. The molecule has 29 heavy (non-hydrogen) atoms. The zero-order chi connectivity index (χ0) is 21.1. The minimum atomic E-state index is -0.665. The zero-order valence-electron chi connectivity index (χ0n) is 16.9. The molecule has 1 aliphatic rings. The van der Waals surface area contributed by atoms with Crippen molar-refractivity contribution in [2.24, 2.45) is 7.05 Å². The summed E-state index contributed by atoms with van der Waals surface area (Å²) in [6.07, 6.45) is -0.665. The molecule has 0 unspecified atom stereocenters. The number of halogens is 1. The fourth-order valence-corrected chi connectivity index (χ4v) is 4.52. The van der Waals surface area contributed by atoms with E-state index in [1.807, 2.05) is 49.7 Å². The van der Waals surface area contributed by atoms with Gasteiger partial charge in [-0.15, -0.1) is 0 Å². The van der Waals surface area contributed by atoms with Gasteiger partial charge in [-0.25, -0.2) is 0 Å². The van der Waals surface area contributed by atoms with E-state index < -0.39 is 17.7 Å². The Morgan fingerprint density at radius 3 is 2.59 bits per heavy atom. The van der Waals surface area contributed by atoms with Crippen LogP contribution in [-0.4, -0.2) is 28.1 Å². The predicted molar refractivity (Wildman–Crippen MR) is 115 cm³/mol. The molecule has 0 amide bonds. The topological polar surface area (TPSA) is 66.8 Å². The molecule has 0 N–H and O–H groups in total. The first-order valence-corrected chi connectivity index (χ1v) is 10.2. The van der Waals surface area contributed by atoms with E-state index in [9.17, 15) is 9.59 Å². The molecule has 2 atom stereocenters. The first kappa shape index (κ1) is 19.8. The third-order valence-electron chi connectivity index (χ3n) is 5.44. The molecule has 0 fully saturated rings. The number of rotatable bonds is 2. The highest BCUT2D eigenvalue weighted by Crippen LogP contribution is 2.51. The number of aromatic nitrogens is 1. The molecule has 0 saturated heterocycles. The lowest BCUT2D eigenvalue weighted by Crippen LogP contribution is -2.46. The first-order valence-electron chi connectivity index (χ1n) is 9.30. The number of hydrogen-bond donors (Lipinski definition) is 0. The van der Waals surface area contributed by atoms with Gasteiger partial charge in [-0.2, -0.15) is 0 Å². The molecule has 0 radical (unpaired) electrons. The highest BCUT2D eigenvalue weighted by atomic mass is 79.9. The Bertz CT molecular complexity index is 1210. The monoisotopic (exact) mass is 459 g/mol. The third kappa shape index (κ3) is 2.90. The SMILES string of the molecule is COc1c2c(cc3c1c(=O)c1ccccc1n3C)OC(C)(C)[C@H](Br)[C@H]2OC(C)=O. The summed E-state index contributed by atoms with van der Waals surface area (Å²) in [5.74, 6) is 0.485. The molecule has 0 spiro atoms. The summed E-state index contributed by atoms with van der Waals surface area (Å²) in [4.78, 5) is 24.9. The van der Waals surface area contributed by atoms with Gasteiger partial charge in [0.25, 0.3) is 0 Å². The van der Waals surface area contributed by atoms with E-state index >= 15 is 0 Å². The Labute approximate surface area is 176 Å². The van der Waals surface area contributed by atoms with Gasteiger partial charge in [0.05, 0.1) is 33.9 Å². The van der Waals surface area contributed by atoms with Crippen molar-refractivity contribution < 1.29 is 19.0 Å². The van der Waals surface area contributed by atoms with E-state index in [0.717, 1.165) is 5.52 Å². The van der Waals surface area contributed by atoms with Crippen LogP contribution in [0.25, 0.3) is 21.8 Å². The number of carbonyl (C=O) groups excluding carboxylic acids is 1. The van der Waals surface area contributed by atoms with Crippen LogP contribution in [0.5, 0.6) is 11.5 Å². The summed E-state index contributed by atoms with van der Waals surface area (Å²) < 4.78 is 19.6. The van der Waals surface area contributed by atoms with Crippen molar-refractivity contribution in [3.8, 4) is 11.5 Å². The van der Waals surface area contributed by atoms with Crippen LogP contribution in [0.15, 0.2) is 35.1 Å². The zero-order valence-corrected chi connectivity index (χ0v) is 18.5. The Hall–Kier alpha value is -2.54.